The molecule has 4 nitrogen and oxygen atoms in total. The van der Waals surface area contributed by atoms with E-state index in [2.05, 4.69) is 4.98 Å². The van der Waals surface area contributed by atoms with Crippen molar-refractivity contribution >= 4 is 11.6 Å². The lowest BCUT2D eigenvalue weighted by Crippen LogP contribution is -2.27. The highest BCUT2D eigenvalue weighted by molar-refractivity contribution is 6.04. The van der Waals surface area contributed by atoms with Gasteiger partial charge in [-0.3, -0.25) is 4.79 Å². The lowest BCUT2D eigenvalue weighted by atomic mass is 10.2. The second-order valence-corrected chi connectivity index (χ2v) is 4.10. The van der Waals surface area contributed by atoms with Crippen LogP contribution in [0.2, 0.25) is 0 Å². The summed E-state index contributed by atoms with van der Waals surface area (Å²) in [4.78, 5) is 17.4. The summed E-state index contributed by atoms with van der Waals surface area (Å²) in [7, 11) is 1.64. The number of pyridine rings is 1. The van der Waals surface area contributed by atoms with Crippen LogP contribution in [-0.4, -0.2) is 17.9 Å². The number of rotatable bonds is 3. The first-order valence-corrected chi connectivity index (χ1v) is 5.80. The summed E-state index contributed by atoms with van der Waals surface area (Å²) in [5, 5.41) is 0. The fraction of sp³-hybridized carbons (Fsp3) is 0.143. The van der Waals surface area contributed by atoms with Crippen molar-refractivity contribution in [3.63, 3.8) is 0 Å². The molecule has 2 N–H and O–H groups in total. The number of nitrogens with zero attached hydrogens (tertiary/aromatic N) is 2. The third-order valence-electron chi connectivity index (χ3n) is 2.81. The number of amides is 1. The lowest BCUT2D eigenvalue weighted by molar-refractivity contribution is 0.0988. The molecule has 0 spiro atoms. The molecule has 0 aliphatic rings. The van der Waals surface area contributed by atoms with Crippen LogP contribution in [0.3, 0.4) is 0 Å². The Bertz CT molecular complexity index is 566. The van der Waals surface area contributed by atoms with Gasteiger partial charge in [0.05, 0.1) is 6.20 Å². The Balaban J connectivity index is 2.20. The second-order valence-electron chi connectivity index (χ2n) is 4.10. The van der Waals surface area contributed by atoms with Gasteiger partial charge in [-0.2, -0.15) is 0 Å². The van der Waals surface area contributed by atoms with E-state index in [4.69, 9.17) is 5.73 Å². The van der Waals surface area contributed by atoms with E-state index in [0.717, 1.165) is 17.4 Å². The molecule has 0 fully saturated rings. The molecule has 5 heteroatoms. The fourth-order valence-corrected chi connectivity index (χ4v) is 1.65. The minimum atomic E-state index is -0.466. The molecule has 1 aromatic carbocycles. The average Bonchev–Trinajstić information content (AvgIpc) is 2.46. The minimum absolute atomic E-state index is 0.201. The molecule has 1 aromatic heterocycles. The fourth-order valence-electron chi connectivity index (χ4n) is 1.65. The van der Waals surface area contributed by atoms with Crippen molar-refractivity contribution in [2.45, 2.75) is 6.54 Å². The molecular formula is C14H14FN3O. The van der Waals surface area contributed by atoms with Crippen molar-refractivity contribution in [1.29, 1.82) is 0 Å². The second kappa shape index (κ2) is 5.58. The molecule has 1 amide bonds. The smallest absolute Gasteiger partial charge is 0.276 e. The SMILES string of the molecule is CN(C(=O)c1ccc(F)cn1)c1ccc(CN)cc1. The Morgan fingerprint density at radius 2 is 1.95 bits per heavy atom. The number of aromatic nitrogens is 1. The molecule has 1 heterocycles. The van der Waals surface area contributed by atoms with Gasteiger partial charge in [0.2, 0.25) is 0 Å². The predicted molar refractivity (Wildman–Crippen MR) is 71.3 cm³/mol. The maximum atomic E-state index is 12.8. The van der Waals surface area contributed by atoms with Gasteiger partial charge in [-0.15, -0.1) is 0 Å². The molecule has 19 heavy (non-hydrogen) atoms. The predicted octanol–water partition coefficient (Wildman–Crippen LogP) is 1.96. The van der Waals surface area contributed by atoms with Gasteiger partial charge in [-0.25, -0.2) is 9.37 Å². The van der Waals surface area contributed by atoms with E-state index in [-0.39, 0.29) is 11.6 Å². The van der Waals surface area contributed by atoms with E-state index >= 15 is 0 Å². The number of hydrogen-bond donors (Lipinski definition) is 1. The number of benzene rings is 1. The standard InChI is InChI=1S/C14H14FN3O/c1-18(12-5-2-10(8-16)3-6-12)14(19)13-7-4-11(15)9-17-13/h2-7,9H,8,16H2,1H3. The molecular weight excluding hydrogens is 245 g/mol. The van der Waals surface area contributed by atoms with Gasteiger partial charge in [-0.05, 0) is 29.8 Å². The van der Waals surface area contributed by atoms with E-state index in [9.17, 15) is 9.18 Å². The normalized spacial score (nSPS) is 10.3. The van der Waals surface area contributed by atoms with E-state index in [1.54, 1.807) is 7.05 Å². The maximum Gasteiger partial charge on any atom is 0.276 e. The highest BCUT2D eigenvalue weighted by Gasteiger charge is 2.14. The molecule has 0 atom stereocenters. The van der Waals surface area contributed by atoms with Crippen molar-refractivity contribution in [3.8, 4) is 0 Å². The van der Waals surface area contributed by atoms with Crippen LogP contribution in [0.1, 0.15) is 16.1 Å². The monoisotopic (exact) mass is 259 g/mol. The summed E-state index contributed by atoms with van der Waals surface area (Å²) >= 11 is 0. The number of halogens is 1. The van der Waals surface area contributed by atoms with Crippen LogP contribution in [0.5, 0.6) is 0 Å². The van der Waals surface area contributed by atoms with Gasteiger partial charge in [0.25, 0.3) is 5.91 Å². The van der Waals surface area contributed by atoms with Crippen LogP contribution >= 0.6 is 0 Å². The number of carbonyl (C=O) groups excluding carboxylic acids is 1. The van der Waals surface area contributed by atoms with Gasteiger partial charge in [-0.1, -0.05) is 12.1 Å². The van der Waals surface area contributed by atoms with Gasteiger partial charge < -0.3 is 10.6 Å². The van der Waals surface area contributed by atoms with Crippen LogP contribution in [0.25, 0.3) is 0 Å². The summed E-state index contributed by atoms with van der Waals surface area (Å²) < 4.78 is 12.8. The van der Waals surface area contributed by atoms with Crippen molar-refractivity contribution < 1.29 is 9.18 Å². The molecule has 0 unspecified atom stereocenters. The van der Waals surface area contributed by atoms with E-state index in [1.807, 2.05) is 24.3 Å². The van der Waals surface area contributed by atoms with Crippen LogP contribution in [0.4, 0.5) is 10.1 Å². The van der Waals surface area contributed by atoms with Crippen molar-refractivity contribution in [3.05, 3.63) is 59.7 Å². The Morgan fingerprint density at radius 1 is 1.26 bits per heavy atom. The molecule has 0 bridgehead atoms. The van der Waals surface area contributed by atoms with Crippen molar-refractivity contribution in [1.82, 2.24) is 4.98 Å². The summed E-state index contributed by atoms with van der Waals surface area (Å²) in [5.41, 5.74) is 7.44. The largest absolute Gasteiger partial charge is 0.326 e. The van der Waals surface area contributed by atoms with Gasteiger partial charge in [0, 0.05) is 19.3 Å². The molecule has 0 saturated heterocycles. The zero-order valence-corrected chi connectivity index (χ0v) is 10.5. The summed E-state index contributed by atoms with van der Waals surface area (Å²) in [6, 6.07) is 9.91. The highest BCUT2D eigenvalue weighted by Crippen LogP contribution is 2.15. The Kier molecular flexibility index (Phi) is 3.87. The van der Waals surface area contributed by atoms with Crippen LogP contribution in [0.15, 0.2) is 42.6 Å². The topological polar surface area (TPSA) is 59.2 Å². The zero-order valence-electron chi connectivity index (χ0n) is 10.5. The van der Waals surface area contributed by atoms with E-state index in [0.29, 0.717) is 6.54 Å². The number of carbonyl (C=O) groups is 1. The zero-order chi connectivity index (χ0) is 13.8. The van der Waals surface area contributed by atoms with Crippen LogP contribution in [0, 0.1) is 5.82 Å². The van der Waals surface area contributed by atoms with Crippen LogP contribution in [-0.2, 0) is 6.54 Å². The molecule has 0 saturated carbocycles. The summed E-state index contributed by atoms with van der Waals surface area (Å²) in [6.07, 6.45) is 1.03. The third kappa shape index (κ3) is 2.95. The molecule has 0 aliphatic carbocycles. The Hall–Kier alpha value is -2.27. The Morgan fingerprint density at radius 3 is 2.47 bits per heavy atom. The molecule has 0 aliphatic heterocycles. The first-order chi connectivity index (χ1) is 9.11. The minimum Gasteiger partial charge on any atom is -0.326 e. The Labute approximate surface area is 110 Å². The molecule has 2 aromatic rings. The molecule has 98 valence electrons. The first-order valence-electron chi connectivity index (χ1n) is 5.80. The van der Waals surface area contributed by atoms with Gasteiger partial charge in [0.1, 0.15) is 11.5 Å². The van der Waals surface area contributed by atoms with E-state index < -0.39 is 5.82 Å². The van der Waals surface area contributed by atoms with Crippen molar-refractivity contribution in [2.75, 3.05) is 11.9 Å². The first kappa shape index (κ1) is 13.2. The van der Waals surface area contributed by atoms with E-state index in [1.165, 1.54) is 17.0 Å². The summed E-state index contributed by atoms with van der Waals surface area (Å²) in [6.45, 7) is 0.456. The highest BCUT2D eigenvalue weighted by atomic mass is 19.1. The van der Waals surface area contributed by atoms with Gasteiger partial charge >= 0.3 is 0 Å². The lowest BCUT2D eigenvalue weighted by Gasteiger charge is -2.17. The van der Waals surface area contributed by atoms with Crippen molar-refractivity contribution in [2.24, 2.45) is 5.73 Å². The summed E-state index contributed by atoms with van der Waals surface area (Å²) in [5.74, 6) is -0.757. The van der Waals surface area contributed by atoms with Crippen LogP contribution < -0.4 is 10.6 Å². The number of nitrogens with two attached hydrogens (primary N) is 1. The number of anilines is 1. The van der Waals surface area contributed by atoms with Gasteiger partial charge in [0.15, 0.2) is 0 Å². The quantitative estimate of drug-likeness (QED) is 0.916. The molecule has 0 radical (unpaired) electrons. The average molecular weight is 259 g/mol. The number of hydrogen-bond acceptors (Lipinski definition) is 3. The molecule has 2 rings (SSSR count). The third-order valence-corrected chi connectivity index (χ3v) is 2.81. The maximum absolute atomic E-state index is 12.8.